The van der Waals surface area contributed by atoms with Crippen LogP contribution in [0.3, 0.4) is 0 Å². The molecular formula is C13H11ClFeO. The first-order valence-electron chi connectivity index (χ1n) is 4.54. The summed E-state index contributed by atoms with van der Waals surface area (Å²) in [5.41, 5.74) is 0. The maximum absolute atomic E-state index is 9.95. The SMILES string of the molecule is O=C/C=C(/Cl)[C]1[CH][CH][CH][CH]1.[CH]1[CH][CH][CH][CH]1.[Fe]. The molecule has 2 aliphatic rings. The van der Waals surface area contributed by atoms with Crippen LogP contribution >= 0.6 is 11.6 Å². The van der Waals surface area contributed by atoms with Crippen LogP contribution in [0.1, 0.15) is 0 Å². The normalized spacial score (nSPS) is 20.9. The minimum atomic E-state index is 0. The van der Waals surface area contributed by atoms with E-state index in [4.69, 9.17) is 11.6 Å². The molecule has 2 rings (SSSR count). The number of allylic oxidation sites excluding steroid dienone is 2. The zero-order chi connectivity index (χ0) is 10.9. The minimum absolute atomic E-state index is 0. The van der Waals surface area contributed by atoms with Gasteiger partial charge in [-0.25, -0.2) is 0 Å². The van der Waals surface area contributed by atoms with Gasteiger partial charge in [-0.05, 0) is 63.9 Å². The molecule has 0 bridgehead atoms. The maximum Gasteiger partial charge on any atom is 0.144 e. The number of carbonyl (C=O) groups excluding carboxylic acids is 1. The predicted molar refractivity (Wildman–Crippen MR) is 61.9 cm³/mol. The quantitative estimate of drug-likeness (QED) is 0.430. The molecule has 0 amide bonds. The standard InChI is InChI=1S/C8H6ClO.C5H5.Fe/c9-8(5-6-10)7-3-1-2-4-7;1-2-4-5-3-1;/h1-6H;1-5H;/b8-5+;;. The number of hydrogen-bond donors (Lipinski definition) is 0. The van der Waals surface area contributed by atoms with Crippen molar-refractivity contribution in [1.82, 2.24) is 0 Å². The molecule has 1 nitrogen and oxygen atoms in total. The fourth-order valence-electron chi connectivity index (χ4n) is 1.01. The summed E-state index contributed by atoms with van der Waals surface area (Å²) in [5, 5.41) is 0.486. The first-order chi connectivity index (χ1) is 7.34. The summed E-state index contributed by atoms with van der Waals surface area (Å²) >= 11 is 5.68. The molecule has 10 radical (unpaired) electrons. The molecule has 0 N–H and O–H groups in total. The minimum Gasteiger partial charge on any atom is -0.299 e. The summed E-state index contributed by atoms with van der Waals surface area (Å²) in [6.07, 6.45) is 19.4. The Morgan fingerprint density at radius 2 is 1.38 bits per heavy atom. The summed E-state index contributed by atoms with van der Waals surface area (Å²) in [4.78, 5) is 9.95. The van der Waals surface area contributed by atoms with Crippen LogP contribution < -0.4 is 0 Å². The molecular weight excluding hydrogens is 263 g/mol. The van der Waals surface area contributed by atoms with Gasteiger partial charge >= 0.3 is 0 Å². The third-order valence-corrected chi connectivity index (χ3v) is 2.05. The maximum atomic E-state index is 9.95. The number of rotatable bonds is 2. The van der Waals surface area contributed by atoms with E-state index < -0.39 is 0 Å². The van der Waals surface area contributed by atoms with E-state index in [0.717, 1.165) is 5.92 Å². The van der Waals surface area contributed by atoms with Gasteiger partial charge in [0.1, 0.15) is 6.29 Å². The molecule has 0 heterocycles. The topological polar surface area (TPSA) is 17.1 Å². The number of hydrogen-bond acceptors (Lipinski definition) is 1. The average Bonchev–Trinajstić information content (AvgIpc) is 2.95. The second-order valence-electron chi connectivity index (χ2n) is 2.79. The molecule has 0 spiro atoms. The van der Waals surface area contributed by atoms with E-state index in [0.29, 0.717) is 11.3 Å². The predicted octanol–water partition coefficient (Wildman–Crippen LogP) is 2.73. The zero-order valence-electron chi connectivity index (χ0n) is 8.49. The van der Waals surface area contributed by atoms with Crippen molar-refractivity contribution in [2.24, 2.45) is 0 Å². The van der Waals surface area contributed by atoms with Crippen molar-refractivity contribution in [3.8, 4) is 0 Å². The molecule has 0 saturated heterocycles. The van der Waals surface area contributed by atoms with Gasteiger partial charge in [-0.15, -0.1) is 0 Å². The second-order valence-corrected chi connectivity index (χ2v) is 3.19. The van der Waals surface area contributed by atoms with E-state index in [2.05, 4.69) is 0 Å². The third kappa shape index (κ3) is 6.73. The first kappa shape index (κ1) is 16.2. The van der Waals surface area contributed by atoms with Gasteiger partial charge in [0.05, 0.1) is 0 Å². The van der Waals surface area contributed by atoms with Gasteiger partial charge in [-0.3, -0.25) is 4.79 Å². The summed E-state index contributed by atoms with van der Waals surface area (Å²) in [6.45, 7) is 0. The first-order valence-corrected chi connectivity index (χ1v) is 4.92. The van der Waals surface area contributed by atoms with Crippen molar-refractivity contribution < 1.29 is 21.9 Å². The summed E-state index contributed by atoms with van der Waals surface area (Å²) < 4.78 is 0. The van der Waals surface area contributed by atoms with Crippen LogP contribution in [0.4, 0.5) is 0 Å². The van der Waals surface area contributed by atoms with Crippen molar-refractivity contribution in [1.29, 1.82) is 0 Å². The van der Waals surface area contributed by atoms with Crippen LogP contribution in [0.5, 0.6) is 0 Å². The van der Waals surface area contributed by atoms with Crippen LogP contribution in [0.25, 0.3) is 0 Å². The molecule has 0 atom stereocenters. The molecule has 0 aromatic rings. The Morgan fingerprint density at radius 3 is 1.75 bits per heavy atom. The summed E-state index contributed by atoms with van der Waals surface area (Å²) in [7, 11) is 0. The van der Waals surface area contributed by atoms with E-state index in [1.165, 1.54) is 6.08 Å². The van der Waals surface area contributed by atoms with Crippen LogP contribution in [0.15, 0.2) is 11.1 Å². The Hall–Kier alpha value is 0.219. The van der Waals surface area contributed by atoms with Crippen molar-refractivity contribution in [2.75, 3.05) is 0 Å². The van der Waals surface area contributed by atoms with Crippen LogP contribution in [0.2, 0.25) is 0 Å². The van der Waals surface area contributed by atoms with Gasteiger partial charge in [0.15, 0.2) is 0 Å². The van der Waals surface area contributed by atoms with E-state index in [1.807, 2.05) is 57.8 Å². The van der Waals surface area contributed by atoms with E-state index >= 15 is 0 Å². The van der Waals surface area contributed by atoms with Gasteiger partial charge in [-0.1, -0.05) is 11.6 Å². The second kappa shape index (κ2) is 10.4. The molecule has 2 aliphatic carbocycles. The number of carbonyl (C=O) groups is 1. The molecule has 84 valence electrons. The fourth-order valence-corrected chi connectivity index (χ4v) is 1.19. The fraction of sp³-hybridized carbons (Fsp3) is 0. The average molecular weight is 275 g/mol. The van der Waals surface area contributed by atoms with E-state index in [9.17, 15) is 4.79 Å². The Balaban J connectivity index is 0.000000318. The van der Waals surface area contributed by atoms with Gasteiger partial charge in [-0.2, -0.15) is 0 Å². The molecule has 2 fully saturated rings. The number of aldehydes is 1. The third-order valence-electron chi connectivity index (χ3n) is 1.71. The van der Waals surface area contributed by atoms with Crippen molar-refractivity contribution in [2.45, 2.75) is 0 Å². The van der Waals surface area contributed by atoms with Crippen LogP contribution in [0, 0.1) is 63.7 Å². The monoisotopic (exact) mass is 274 g/mol. The van der Waals surface area contributed by atoms with Crippen molar-refractivity contribution >= 4 is 17.9 Å². The molecule has 3 heteroatoms. The Morgan fingerprint density at radius 1 is 0.938 bits per heavy atom. The molecule has 2 saturated carbocycles. The van der Waals surface area contributed by atoms with Crippen molar-refractivity contribution in [3.63, 3.8) is 0 Å². The molecule has 0 aromatic carbocycles. The Kier molecular flexibility index (Phi) is 10.5. The molecule has 0 aromatic heterocycles. The van der Waals surface area contributed by atoms with Gasteiger partial charge in [0, 0.05) is 28.0 Å². The molecule has 16 heavy (non-hydrogen) atoms. The summed E-state index contributed by atoms with van der Waals surface area (Å²) in [5.74, 6) is 0.883. The molecule has 0 unspecified atom stereocenters. The molecule has 0 aliphatic heterocycles. The van der Waals surface area contributed by atoms with Crippen LogP contribution in [-0.4, -0.2) is 6.29 Å². The Labute approximate surface area is 114 Å². The smallest absolute Gasteiger partial charge is 0.144 e. The van der Waals surface area contributed by atoms with Gasteiger partial charge < -0.3 is 0 Å². The number of halogens is 1. The van der Waals surface area contributed by atoms with Gasteiger partial charge in [0.25, 0.3) is 0 Å². The largest absolute Gasteiger partial charge is 0.299 e. The Bertz CT molecular complexity index is 198. The van der Waals surface area contributed by atoms with E-state index in [1.54, 1.807) is 0 Å². The summed E-state index contributed by atoms with van der Waals surface area (Å²) in [6, 6.07) is 0. The van der Waals surface area contributed by atoms with Gasteiger partial charge in [0.2, 0.25) is 0 Å². The van der Waals surface area contributed by atoms with Crippen molar-refractivity contribution in [3.05, 3.63) is 74.8 Å². The zero-order valence-corrected chi connectivity index (χ0v) is 10.4. The van der Waals surface area contributed by atoms with Crippen LogP contribution in [-0.2, 0) is 21.9 Å². The van der Waals surface area contributed by atoms with E-state index in [-0.39, 0.29) is 17.1 Å².